The van der Waals surface area contributed by atoms with Crippen LogP contribution in [0.15, 0.2) is 36.9 Å². The van der Waals surface area contributed by atoms with E-state index in [1.165, 1.54) is 0 Å². The second-order valence-corrected chi connectivity index (χ2v) is 6.96. The van der Waals surface area contributed by atoms with Gasteiger partial charge in [0.25, 0.3) is 0 Å². The number of morpholine rings is 1. The molecule has 0 amide bonds. The van der Waals surface area contributed by atoms with Crippen LogP contribution in [0.1, 0.15) is 12.6 Å². The normalized spacial score (nSPS) is 16.5. The van der Waals surface area contributed by atoms with E-state index in [1.54, 1.807) is 10.9 Å². The Labute approximate surface area is 158 Å². The second kappa shape index (κ2) is 7.54. The summed E-state index contributed by atoms with van der Waals surface area (Å²) in [6.45, 7) is 4.95. The third kappa shape index (κ3) is 3.89. The Morgan fingerprint density at radius 1 is 1.15 bits per heavy atom. The second-order valence-electron chi connectivity index (χ2n) is 6.96. The number of nitrogens with zero attached hydrogens (tertiary/aromatic N) is 5. The van der Waals surface area contributed by atoms with Crippen LogP contribution in [0.2, 0.25) is 0 Å². The number of aryl methyl sites for hydroxylation is 1. The highest BCUT2D eigenvalue weighted by molar-refractivity contribution is 5.87. The van der Waals surface area contributed by atoms with Gasteiger partial charge in [0.05, 0.1) is 43.6 Å². The van der Waals surface area contributed by atoms with Gasteiger partial charge in [0.15, 0.2) is 5.78 Å². The summed E-state index contributed by atoms with van der Waals surface area (Å²) in [6, 6.07) is 3.92. The van der Waals surface area contributed by atoms with E-state index in [-0.39, 0.29) is 11.8 Å². The van der Waals surface area contributed by atoms with Crippen molar-refractivity contribution < 1.29 is 9.53 Å². The Bertz CT molecular complexity index is 962. The van der Waals surface area contributed by atoms with Crippen molar-refractivity contribution in [3.05, 3.63) is 42.6 Å². The first-order valence-electron chi connectivity index (χ1n) is 9.18. The smallest absolute Gasteiger partial charge is 0.155 e. The lowest BCUT2D eigenvalue weighted by Gasteiger charge is -2.31. The Hall–Kier alpha value is -2.64. The molecule has 1 fully saturated rings. The number of Topliss-reactive ketones (excluding diaryl/α,β-unsaturated/α-hetero) is 1. The highest BCUT2D eigenvalue weighted by Gasteiger charge is 2.23. The number of rotatable bonds is 5. The van der Waals surface area contributed by atoms with Crippen LogP contribution in [0.25, 0.3) is 22.0 Å². The first-order chi connectivity index (χ1) is 13.1. The third-order valence-electron chi connectivity index (χ3n) is 5.08. The fourth-order valence-electron chi connectivity index (χ4n) is 3.40. The van der Waals surface area contributed by atoms with Gasteiger partial charge in [0, 0.05) is 54.7 Å². The minimum Gasteiger partial charge on any atom is -0.379 e. The minimum absolute atomic E-state index is 0.119. The van der Waals surface area contributed by atoms with Crippen molar-refractivity contribution in [1.29, 1.82) is 0 Å². The third-order valence-corrected chi connectivity index (χ3v) is 5.08. The fourth-order valence-corrected chi connectivity index (χ4v) is 3.40. The largest absolute Gasteiger partial charge is 0.379 e. The summed E-state index contributed by atoms with van der Waals surface area (Å²) in [5.74, 6) is 0.181. The highest BCUT2D eigenvalue weighted by atomic mass is 16.5. The molecule has 0 spiro atoms. The molecule has 1 aliphatic heterocycles. The summed E-state index contributed by atoms with van der Waals surface area (Å²) in [6.07, 6.45) is 7.67. The van der Waals surface area contributed by atoms with E-state index in [0.717, 1.165) is 40.8 Å². The molecule has 1 saturated heterocycles. The van der Waals surface area contributed by atoms with Gasteiger partial charge in [-0.05, 0) is 19.1 Å². The number of pyridine rings is 2. The van der Waals surface area contributed by atoms with Gasteiger partial charge in [-0.2, -0.15) is 5.10 Å². The molecule has 140 valence electrons. The number of hydrogen-bond donors (Lipinski definition) is 0. The molecule has 3 aromatic heterocycles. The number of hydrogen-bond acceptors (Lipinski definition) is 6. The summed E-state index contributed by atoms with van der Waals surface area (Å²) >= 11 is 0. The summed E-state index contributed by atoms with van der Waals surface area (Å²) < 4.78 is 7.13. The van der Waals surface area contributed by atoms with Crippen LogP contribution in [0.4, 0.5) is 0 Å². The number of carbonyl (C=O) groups is 1. The molecule has 0 unspecified atom stereocenters. The number of ketones is 1. The highest BCUT2D eigenvalue weighted by Crippen LogP contribution is 2.22. The van der Waals surface area contributed by atoms with E-state index in [9.17, 15) is 4.79 Å². The summed E-state index contributed by atoms with van der Waals surface area (Å²) in [4.78, 5) is 23.8. The standard InChI is InChI=1S/C20H23N5O2/c1-14(25-3-5-27-6-4-25)20(26)9-18-8-15-7-16(10-22-19(15)12-21-18)17-11-23-24(2)13-17/h7-8,10-14H,3-6,9H2,1-2H3/t14-/m0/s1. The molecule has 4 heterocycles. The van der Waals surface area contributed by atoms with Crippen molar-refractivity contribution in [2.24, 2.45) is 7.05 Å². The van der Waals surface area contributed by atoms with E-state index in [1.807, 2.05) is 38.6 Å². The average Bonchev–Trinajstić information content (AvgIpc) is 3.14. The predicted molar refractivity (Wildman–Crippen MR) is 102 cm³/mol. The summed E-state index contributed by atoms with van der Waals surface area (Å²) in [7, 11) is 1.89. The van der Waals surface area contributed by atoms with Gasteiger partial charge < -0.3 is 4.74 Å². The molecule has 0 radical (unpaired) electrons. The minimum atomic E-state index is -0.119. The van der Waals surface area contributed by atoms with E-state index in [2.05, 4.69) is 26.0 Å². The number of carbonyl (C=O) groups excluding carboxylic acids is 1. The molecule has 0 aromatic carbocycles. The van der Waals surface area contributed by atoms with Crippen molar-refractivity contribution in [3.8, 4) is 11.1 Å². The molecule has 3 aromatic rings. The predicted octanol–water partition coefficient (Wildman–Crippen LogP) is 1.86. The molecule has 0 aliphatic carbocycles. The lowest BCUT2D eigenvalue weighted by atomic mass is 10.0. The number of ether oxygens (including phenoxy) is 1. The fraction of sp³-hybridized carbons (Fsp3) is 0.400. The molecule has 0 N–H and O–H groups in total. The average molecular weight is 365 g/mol. The van der Waals surface area contributed by atoms with Gasteiger partial charge in [-0.25, -0.2) is 0 Å². The first-order valence-corrected chi connectivity index (χ1v) is 9.18. The van der Waals surface area contributed by atoms with Crippen LogP contribution in [0.5, 0.6) is 0 Å². The molecule has 27 heavy (non-hydrogen) atoms. The van der Waals surface area contributed by atoms with Crippen molar-refractivity contribution in [1.82, 2.24) is 24.6 Å². The molecule has 7 nitrogen and oxygen atoms in total. The Kier molecular flexibility index (Phi) is 4.96. The van der Waals surface area contributed by atoms with E-state index in [4.69, 9.17) is 4.74 Å². The molecular formula is C20H23N5O2. The van der Waals surface area contributed by atoms with Gasteiger partial charge >= 0.3 is 0 Å². The van der Waals surface area contributed by atoms with E-state index < -0.39 is 0 Å². The molecule has 1 aliphatic rings. The van der Waals surface area contributed by atoms with Gasteiger partial charge in [-0.3, -0.25) is 24.3 Å². The topological polar surface area (TPSA) is 73.1 Å². The Morgan fingerprint density at radius 2 is 1.96 bits per heavy atom. The van der Waals surface area contributed by atoms with Crippen molar-refractivity contribution in [2.45, 2.75) is 19.4 Å². The molecular weight excluding hydrogens is 342 g/mol. The molecule has 1 atom stereocenters. The zero-order chi connectivity index (χ0) is 18.8. The lowest BCUT2D eigenvalue weighted by molar-refractivity contribution is -0.124. The van der Waals surface area contributed by atoms with E-state index in [0.29, 0.717) is 19.6 Å². The van der Waals surface area contributed by atoms with Gasteiger partial charge in [0.2, 0.25) is 0 Å². The summed E-state index contributed by atoms with van der Waals surface area (Å²) in [5, 5.41) is 5.19. The zero-order valence-corrected chi connectivity index (χ0v) is 15.6. The molecule has 0 saturated carbocycles. The molecule has 4 rings (SSSR count). The Balaban J connectivity index is 1.54. The molecule has 7 heteroatoms. The monoisotopic (exact) mass is 365 g/mol. The maximum absolute atomic E-state index is 12.7. The van der Waals surface area contributed by atoms with Crippen molar-refractivity contribution in [3.63, 3.8) is 0 Å². The van der Waals surface area contributed by atoms with Gasteiger partial charge in [0.1, 0.15) is 0 Å². The number of aromatic nitrogens is 4. The first kappa shape index (κ1) is 17.8. The maximum Gasteiger partial charge on any atom is 0.155 e. The van der Waals surface area contributed by atoms with Crippen LogP contribution in [0.3, 0.4) is 0 Å². The van der Waals surface area contributed by atoms with Gasteiger partial charge in [-0.1, -0.05) is 0 Å². The van der Waals surface area contributed by atoms with Crippen LogP contribution < -0.4 is 0 Å². The van der Waals surface area contributed by atoms with Crippen LogP contribution in [0, 0.1) is 0 Å². The van der Waals surface area contributed by atoms with Crippen LogP contribution in [-0.2, 0) is 23.0 Å². The maximum atomic E-state index is 12.7. The zero-order valence-electron chi connectivity index (χ0n) is 15.6. The lowest BCUT2D eigenvalue weighted by Crippen LogP contribution is -2.46. The van der Waals surface area contributed by atoms with Crippen LogP contribution >= 0.6 is 0 Å². The Morgan fingerprint density at radius 3 is 2.70 bits per heavy atom. The van der Waals surface area contributed by atoms with Crippen molar-refractivity contribution >= 4 is 16.7 Å². The van der Waals surface area contributed by atoms with E-state index >= 15 is 0 Å². The van der Waals surface area contributed by atoms with Crippen molar-refractivity contribution in [2.75, 3.05) is 26.3 Å². The quantitative estimate of drug-likeness (QED) is 0.687. The summed E-state index contributed by atoms with van der Waals surface area (Å²) in [5.41, 5.74) is 3.61. The van der Waals surface area contributed by atoms with Gasteiger partial charge in [-0.15, -0.1) is 0 Å². The molecule has 0 bridgehead atoms. The van der Waals surface area contributed by atoms with Crippen LogP contribution in [-0.4, -0.2) is 62.8 Å². The SMILES string of the molecule is C[C@@H](C(=O)Cc1cc2cc(-c3cnn(C)c3)cnc2cn1)N1CCOCC1. The number of fused-ring (bicyclic) bond motifs is 1.